The van der Waals surface area contributed by atoms with Crippen LogP contribution in [0.3, 0.4) is 0 Å². The fourth-order valence-corrected chi connectivity index (χ4v) is 2.27. The van der Waals surface area contributed by atoms with E-state index in [4.69, 9.17) is 11.6 Å². The van der Waals surface area contributed by atoms with Crippen LogP contribution in [0, 0.1) is 13.8 Å². The smallest absolute Gasteiger partial charge is 0.238 e. The summed E-state index contributed by atoms with van der Waals surface area (Å²) in [6, 6.07) is 13.6. The first-order valence-electron chi connectivity index (χ1n) is 7.31. The Kier molecular flexibility index (Phi) is 5.58. The van der Waals surface area contributed by atoms with Crippen molar-refractivity contribution in [3.05, 3.63) is 64.2 Å². The number of hydrogen-bond donors (Lipinski definition) is 2. The van der Waals surface area contributed by atoms with Crippen molar-refractivity contribution in [2.45, 2.75) is 26.8 Å². The van der Waals surface area contributed by atoms with Crippen LogP contribution in [0.25, 0.3) is 0 Å². The number of aryl methyl sites for hydroxylation is 2. The van der Waals surface area contributed by atoms with Crippen LogP contribution in [0.4, 0.5) is 5.69 Å². The van der Waals surface area contributed by atoms with E-state index in [1.54, 1.807) is 0 Å². The molecule has 0 aromatic heterocycles. The second kappa shape index (κ2) is 7.43. The Bertz CT molecular complexity index is 653. The molecule has 4 heteroatoms. The maximum Gasteiger partial charge on any atom is 0.238 e. The van der Waals surface area contributed by atoms with E-state index >= 15 is 0 Å². The summed E-state index contributed by atoms with van der Waals surface area (Å²) < 4.78 is 0. The summed E-state index contributed by atoms with van der Waals surface area (Å²) in [5.74, 6) is -0.0518. The molecule has 2 N–H and O–H groups in total. The summed E-state index contributed by atoms with van der Waals surface area (Å²) >= 11 is 5.87. The number of amides is 1. The molecule has 0 spiro atoms. The molecule has 22 heavy (non-hydrogen) atoms. The minimum Gasteiger partial charge on any atom is -0.325 e. The van der Waals surface area contributed by atoms with Crippen molar-refractivity contribution in [1.29, 1.82) is 0 Å². The van der Waals surface area contributed by atoms with Gasteiger partial charge < -0.3 is 10.6 Å². The molecular formula is C18H21ClN2O. The van der Waals surface area contributed by atoms with E-state index < -0.39 is 0 Å². The van der Waals surface area contributed by atoms with Gasteiger partial charge in [0.05, 0.1) is 6.54 Å². The summed E-state index contributed by atoms with van der Waals surface area (Å²) in [6.07, 6.45) is 0. The van der Waals surface area contributed by atoms with E-state index in [0.717, 1.165) is 11.3 Å². The molecule has 0 radical (unpaired) electrons. The summed E-state index contributed by atoms with van der Waals surface area (Å²) in [4.78, 5) is 12.0. The zero-order valence-corrected chi connectivity index (χ0v) is 13.9. The summed E-state index contributed by atoms with van der Waals surface area (Å²) in [6.45, 7) is 6.37. The SMILES string of the molecule is Cc1ccc(NC(=O)CN[C@@H](C)c2ccc(Cl)cc2)cc1C. The molecule has 2 rings (SSSR count). The molecule has 0 unspecified atom stereocenters. The fourth-order valence-electron chi connectivity index (χ4n) is 2.14. The Labute approximate surface area is 136 Å². The zero-order valence-electron chi connectivity index (χ0n) is 13.1. The van der Waals surface area contributed by atoms with E-state index in [9.17, 15) is 4.79 Å². The number of nitrogens with one attached hydrogen (secondary N) is 2. The molecular weight excluding hydrogens is 296 g/mol. The third-order valence-electron chi connectivity index (χ3n) is 3.73. The highest BCUT2D eigenvalue weighted by Crippen LogP contribution is 2.16. The van der Waals surface area contributed by atoms with E-state index in [1.807, 2.05) is 56.3 Å². The molecule has 0 aliphatic carbocycles. The molecule has 3 nitrogen and oxygen atoms in total. The monoisotopic (exact) mass is 316 g/mol. The standard InChI is InChI=1S/C18H21ClN2O/c1-12-4-9-17(10-13(12)2)21-18(22)11-20-14(3)15-5-7-16(19)8-6-15/h4-10,14,20H,11H2,1-3H3,(H,21,22)/t14-/m0/s1. The first-order valence-corrected chi connectivity index (χ1v) is 7.69. The number of benzene rings is 2. The highest BCUT2D eigenvalue weighted by Gasteiger charge is 2.08. The largest absolute Gasteiger partial charge is 0.325 e. The highest BCUT2D eigenvalue weighted by atomic mass is 35.5. The van der Waals surface area contributed by atoms with Gasteiger partial charge in [-0.25, -0.2) is 0 Å². The predicted octanol–water partition coefficient (Wildman–Crippen LogP) is 4.25. The van der Waals surface area contributed by atoms with Crippen molar-refractivity contribution in [3.8, 4) is 0 Å². The lowest BCUT2D eigenvalue weighted by atomic mass is 10.1. The van der Waals surface area contributed by atoms with Crippen molar-refractivity contribution in [3.63, 3.8) is 0 Å². The molecule has 0 saturated heterocycles. The van der Waals surface area contributed by atoms with Gasteiger partial charge in [-0.3, -0.25) is 4.79 Å². The third-order valence-corrected chi connectivity index (χ3v) is 3.98. The second-order valence-electron chi connectivity index (χ2n) is 5.50. The average molecular weight is 317 g/mol. The Balaban J connectivity index is 1.86. The lowest BCUT2D eigenvalue weighted by molar-refractivity contribution is -0.115. The predicted molar refractivity (Wildman–Crippen MR) is 92.4 cm³/mol. The van der Waals surface area contributed by atoms with Gasteiger partial charge in [0.25, 0.3) is 0 Å². The number of anilines is 1. The maximum atomic E-state index is 12.0. The van der Waals surface area contributed by atoms with Gasteiger partial charge >= 0.3 is 0 Å². The van der Waals surface area contributed by atoms with Crippen LogP contribution < -0.4 is 10.6 Å². The highest BCUT2D eigenvalue weighted by molar-refractivity contribution is 6.30. The van der Waals surface area contributed by atoms with Crippen molar-refractivity contribution >= 4 is 23.2 Å². The van der Waals surface area contributed by atoms with Gasteiger partial charge in [-0.2, -0.15) is 0 Å². The zero-order chi connectivity index (χ0) is 16.1. The first-order chi connectivity index (χ1) is 10.5. The molecule has 0 aliphatic heterocycles. The molecule has 0 aliphatic rings. The first kappa shape index (κ1) is 16.5. The van der Waals surface area contributed by atoms with Gasteiger partial charge in [0.15, 0.2) is 0 Å². The van der Waals surface area contributed by atoms with Crippen molar-refractivity contribution in [2.75, 3.05) is 11.9 Å². The van der Waals surface area contributed by atoms with Gasteiger partial charge in [0.2, 0.25) is 5.91 Å². The molecule has 0 heterocycles. The van der Waals surface area contributed by atoms with Crippen LogP contribution in [-0.2, 0) is 4.79 Å². The Morgan fingerprint density at radius 1 is 1.09 bits per heavy atom. The maximum absolute atomic E-state index is 12.0. The number of carbonyl (C=O) groups is 1. The lowest BCUT2D eigenvalue weighted by Crippen LogP contribution is -2.30. The molecule has 1 atom stereocenters. The van der Waals surface area contributed by atoms with E-state index in [-0.39, 0.29) is 18.5 Å². The molecule has 116 valence electrons. The van der Waals surface area contributed by atoms with Gasteiger partial charge in [-0.05, 0) is 61.7 Å². The van der Waals surface area contributed by atoms with Crippen molar-refractivity contribution in [2.24, 2.45) is 0 Å². The summed E-state index contributed by atoms with van der Waals surface area (Å²) in [7, 11) is 0. The topological polar surface area (TPSA) is 41.1 Å². The van der Waals surface area contributed by atoms with Crippen LogP contribution in [0.1, 0.15) is 29.7 Å². The minimum atomic E-state index is -0.0518. The molecule has 2 aromatic rings. The van der Waals surface area contributed by atoms with Crippen LogP contribution >= 0.6 is 11.6 Å². The molecule has 0 saturated carbocycles. The number of halogens is 1. The number of hydrogen-bond acceptors (Lipinski definition) is 2. The summed E-state index contributed by atoms with van der Waals surface area (Å²) in [5, 5.41) is 6.82. The minimum absolute atomic E-state index is 0.0518. The van der Waals surface area contributed by atoms with E-state index in [1.165, 1.54) is 11.1 Å². The fraction of sp³-hybridized carbons (Fsp3) is 0.278. The molecule has 2 aromatic carbocycles. The number of carbonyl (C=O) groups excluding carboxylic acids is 1. The van der Waals surface area contributed by atoms with E-state index in [0.29, 0.717) is 5.02 Å². The molecule has 0 bridgehead atoms. The molecule has 1 amide bonds. The summed E-state index contributed by atoms with van der Waals surface area (Å²) in [5.41, 5.74) is 4.31. The molecule has 0 fully saturated rings. The Hall–Kier alpha value is -1.84. The van der Waals surface area contributed by atoms with Crippen molar-refractivity contribution in [1.82, 2.24) is 5.32 Å². The van der Waals surface area contributed by atoms with Gasteiger partial charge in [0.1, 0.15) is 0 Å². The van der Waals surface area contributed by atoms with Gasteiger partial charge in [0, 0.05) is 16.8 Å². The Morgan fingerprint density at radius 3 is 2.41 bits per heavy atom. The normalized spacial score (nSPS) is 12.0. The van der Waals surface area contributed by atoms with Crippen LogP contribution in [0.15, 0.2) is 42.5 Å². The van der Waals surface area contributed by atoms with Gasteiger partial charge in [-0.15, -0.1) is 0 Å². The average Bonchev–Trinajstić information content (AvgIpc) is 2.49. The third kappa shape index (κ3) is 4.58. The quantitative estimate of drug-likeness (QED) is 0.866. The van der Waals surface area contributed by atoms with Gasteiger partial charge in [-0.1, -0.05) is 29.8 Å². The van der Waals surface area contributed by atoms with E-state index in [2.05, 4.69) is 17.6 Å². The number of rotatable bonds is 5. The Morgan fingerprint density at radius 2 is 1.77 bits per heavy atom. The second-order valence-corrected chi connectivity index (χ2v) is 5.94. The van der Waals surface area contributed by atoms with Crippen LogP contribution in [0.5, 0.6) is 0 Å². The van der Waals surface area contributed by atoms with Crippen molar-refractivity contribution < 1.29 is 4.79 Å². The lowest BCUT2D eigenvalue weighted by Gasteiger charge is -2.14. The van der Waals surface area contributed by atoms with Crippen LogP contribution in [-0.4, -0.2) is 12.5 Å². The van der Waals surface area contributed by atoms with Crippen LogP contribution in [0.2, 0.25) is 5.02 Å².